The van der Waals surface area contributed by atoms with Crippen LogP contribution in [0.1, 0.15) is 18.4 Å². The van der Waals surface area contributed by atoms with Gasteiger partial charge in [0.25, 0.3) is 0 Å². The Morgan fingerprint density at radius 2 is 1.79 bits per heavy atom. The third kappa shape index (κ3) is 7.94. The van der Waals surface area contributed by atoms with Crippen molar-refractivity contribution in [3.63, 3.8) is 0 Å². The van der Waals surface area contributed by atoms with Gasteiger partial charge in [-0.3, -0.25) is 9.59 Å². The van der Waals surface area contributed by atoms with E-state index in [4.69, 9.17) is 16.3 Å². The van der Waals surface area contributed by atoms with E-state index in [0.717, 1.165) is 4.47 Å². The lowest BCUT2D eigenvalue weighted by molar-refractivity contribution is -0.173. The molecular weight excluding hydrogens is 477 g/mol. The number of hydrogen-bond acceptors (Lipinski definition) is 3. The molecule has 156 valence electrons. The number of hydrogen-bond donors (Lipinski definition) is 2. The molecule has 2 N–H and O–H groups in total. The third-order valence-corrected chi connectivity index (χ3v) is 4.44. The minimum atomic E-state index is -4.92. The highest BCUT2D eigenvalue weighted by atomic mass is 79.9. The Hall–Kier alpha value is -2.26. The van der Waals surface area contributed by atoms with Crippen LogP contribution in [0.15, 0.2) is 46.9 Å². The molecule has 0 aromatic heterocycles. The van der Waals surface area contributed by atoms with Gasteiger partial charge in [0.05, 0.1) is 11.6 Å². The summed E-state index contributed by atoms with van der Waals surface area (Å²) in [4.78, 5) is 22.8. The fraction of sp³-hybridized carbons (Fsp3) is 0.263. The highest BCUT2D eigenvalue weighted by Gasteiger charge is 2.38. The molecule has 0 fully saturated rings. The first-order valence-electron chi connectivity index (χ1n) is 8.47. The van der Waals surface area contributed by atoms with Gasteiger partial charge in [-0.1, -0.05) is 39.7 Å². The third-order valence-electron chi connectivity index (χ3n) is 3.65. The number of carbonyl (C=O) groups is 2. The molecule has 0 spiro atoms. The topological polar surface area (TPSA) is 67.4 Å². The van der Waals surface area contributed by atoms with Crippen molar-refractivity contribution in [1.29, 1.82) is 0 Å². The molecule has 0 unspecified atom stereocenters. The van der Waals surface area contributed by atoms with Crippen molar-refractivity contribution in [2.75, 3.05) is 11.9 Å². The summed E-state index contributed by atoms with van der Waals surface area (Å²) in [6, 6.07) is 11.4. The van der Waals surface area contributed by atoms with Crippen LogP contribution < -0.4 is 15.4 Å². The van der Waals surface area contributed by atoms with Gasteiger partial charge < -0.3 is 15.4 Å². The van der Waals surface area contributed by atoms with E-state index >= 15 is 0 Å². The Kier molecular flexibility index (Phi) is 8.33. The van der Waals surface area contributed by atoms with E-state index in [1.54, 1.807) is 35.6 Å². The van der Waals surface area contributed by atoms with E-state index in [1.807, 2.05) is 0 Å². The lowest BCUT2D eigenvalue weighted by Gasteiger charge is -2.10. The molecule has 0 bridgehead atoms. The van der Waals surface area contributed by atoms with Crippen molar-refractivity contribution in [3.05, 3.63) is 57.5 Å². The molecule has 0 aliphatic rings. The lowest BCUT2D eigenvalue weighted by Crippen LogP contribution is -2.36. The molecule has 2 aromatic carbocycles. The van der Waals surface area contributed by atoms with Gasteiger partial charge in [0.2, 0.25) is 5.91 Å². The van der Waals surface area contributed by atoms with E-state index in [-0.39, 0.29) is 18.9 Å². The van der Waals surface area contributed by atoms with Gasteiger partial charge in [-0.05, 0) is 42.3 Å². The van der Waals surface area contributed by atoms with Crippen LogP contribution in [0.2, 0.25) is 5.02 Å². The highest BCUT2D eigenvalue weighted by molar-refractivity contribution is 9.10. The molecule has 0 aliphatic heterocycles. The Balaban J connectivity index is 1.71. The molecule has 0 radical (unpaired) electrons. The zero-order valence-corrected chi connectivity index (χ0v) is 17.3. The SMILES string of the molecule is O=C(CCCOc1ccc(Br)cc1Cl)Nc1ccc(CNC(=O)C(F)(F)F)cc1. The summed E-state index contributed by atoms with van der Waals surface area (Å²) in [5.74, 6) is -1.70. The fourth-order valence-corrected chi connectivity index (χ4v) is 2.95. The summed E-state index contributed by atoms with van der Waals surface area (Å²) >= 11 is 9.34. The molecule has 0 heterocycles. The number of anilines is 1. The first-order valence-corrected chi connectivity index (χ1v) is 9.64. The largest absolute Gasteiger partial charge is 0.492 e. The quantitative estimate of drug-likeness (QED) is 0.504. The summed E-state index contributed by atoms with van der Waals surface area (Å²) in [6.45, 7) is 0.0507. The molecule has 0 saturated heterocycles. The van der Waals surface area contributed by atoms with Crippen LogP contribution in [0.3, 0.4) is 0 Å². The van der Waals surface area contributed by atoms with Crippen LogP contribution >= 0.6 is 27.5 Å². The maximum absolute atomic E-state index is 12.1. The summed E-state index contributed by atoms with van der Waals surface area (Å²) in [5.41, 5.74) is 0.971. The zero-order valence-electron chi connectivity index (χ0n) is 15.0. The maximum atomic E-state index is 12.1. The Morgan fingerprint density at radius 1 is 1.10 bits per heavy atom. The molecule has 29 heavy (non-hydrogen) atoms. The molecule has 2 rings (SSSR count). The molecular formula is C19H17BrClF3N2O3. The average molecular weight is 494 g/mol. The first kappa shape index (κ1) is 23.0. The van der Waals surface area contributed by atoms with Crippen LogP contribution in [0, 0.1) is 0 Å². The standard InChI is InChI=1S/C19H17BrClF3N2O3/c20-13-5-8-16(15(21)10-13)29-9-1-2-17(27)26-14-6-3-12(4-7-14)11-25-18(28)19(22,23)24/h3-8,10H,1-2,9,11H2,(H,25,28)(H,26,27). The number of ether oxygens (including phenoxy) is 1. The normalized spacial score (nSPS) is 11.1. The van der Waals surface area contributed by atoms with Crippen molar-refractivity contribution < 1.29 is 27.5 Å². The van der Waals surface area contributed by atoms with Crippen molar-refractivity contribution in [3.8, 4) is 5.75 Å². The molecule has 5 nitrogen and oxygen atoms in total. The van der Waals surface area contributed by atoms with Gasteiger partial charge in [0, 0.05) is 23.1 Å². The Bertz CT molecular complexity index is 861. The molecule has 0 aliphatic carbocycles. The van der Waals surface area contributed by atoms with Gasteiger partial charge in [0.1, 0.15) is 5.75 Å². The predicted molar refractivity (Wildman–Crippen MR) is 107 cm³/mol. The van der Waals surface area contributed by atoms with Crippen molar-refractivity contribution >= 4 is 45.0 Å². The molecule has 2 aromatic rings. The van der Waals surface area contributed by atoms with Crippen molar-refractivity contribution in [2.24, 2.45) is 0 Å². The Morgan fingerprint density at radius 3 is 2.41 bits per heavy atom. The van der Waals surface area contributed by atoms with Crippen LogP contribution in [0.4, 0.5) is 18.9 Å². The number of nitrogens with one attached hydrogen (secondary N) is 2. The number of carbonyl (C=O) groups excluding carboxylic acids is 2. The first-order chi connectivity index (χ1) is 13.6. The Labute approximate surface area is 178 Å². The number of amides is 2. The van der Waals surface area contributed by atoms with Crippen LogP contribution in [0.5, 0.6) is 5.75 Å². The van der Waals surface area contributed by atoms with E-state index < -0.39 is 12.1 Å². The molecule has 0 saturated carbocycles. The number of alkyl halides is 3. The van der Waals surface area contributed by atoms with E-state index in [1.165, 1.54) is 12.1 Å². The monoisotopic (exact) mass is 492 g/mol. The smallest absolute Gasteiger partial charge is 0.471 e. The van der Waals surface area contributed by atoms with Gasteiger partial charge in [0.15, 0.2) is 0 Å². The number of rotatable bonds is 8. The summed E-state index contributed by atoms with van der Waals surface area (Å²) in [7, 11) is 0. The van der Waals surface area contributed by atoms with E-state index in [0.29, 0.717) is 35.1 Å². The summed E-state index contributed by atoms with van der Waals surface area (Å²) in [6.07, 6.45) is -4.22. The minimum absolute atomic E-state index is 0.220. The second-order valence-electron chi connectivity index (χ2n) is 5.95. The second kappa shape index (κ2) is 10.5. The van der Waals surface area contributed by atoms with Gasteiger partial charge in [-0.25, -0.2) is 0 Å². The predicted octanol–water partition coefficient (Wildman–Crippen LogP) is 5.08. The van der Waals surface area contributed by atoms with Crippen LogP contribution in [-0.4, -0.2) is 24.6 Å². The van der Waals surface area contributed by atoms with E-state index in [9.17, 15) is 22.8 Å². The van der Waals surface area contributed by atoms with Crippen LogP contribution in [-0.2, 0) is 16.1 Å². The van der Waals surface area contributed by atoms with Gasteiger partial charge >= 0.3 is 12.1 Å². The molecule has 10 heteroatoms. The molecule has 0 atom stereocenters. The zero-order chi connectivity index (χ0) is 21.4. The number of halogens is 5. The van der Waals surface area contributed by atoms with Gasteiger partial charge in [-0.2, -0.15) is 13.2 Å². The van der Waals surface area contributed by atoms with Gasteiger partial charge in [-0.15, -0.1) is 0 Å². The second-order valence-corrected chi connectivity index (χ2v) is 7.28. The highest BCUT2D eigenvalue weighted by Crippen LogP contribution is 2.27. The average Bonchev–Trinajstić information content (AvgIpc) is 2.65. The maximum Gasteiger partial charge on any atom is 0.471 e. The summed E-state index contributed by atoms with van der Waals surface area (Å²) in [5, 5.41) is 4.93. The number of benzene rings is 2. The fourth-order valence-electron chi connectivity index (χ4n) is 2.22. The van der Waals surface area contributed by atoms with Crippen molar-refractivity contribution in [2.45, 2.75) is 25.6 Å². The lowest BCUT2D eigenvalue weighted by atomic mass is 10.2. The van der Waals surface area contributed by atoms with Crippen molar-refractivity contribution in [1.82, 2.24) is 5.32 Å². The van der Waals surface area contributed by atoms with E-state index in [2.05, 4.69) is 21.2 Å². The minimum Gasteiger partial charge on any atom is -0.492 e. The molecule has 2 amide bonds. The summed E-state index contributed by atoms with van der Waals surface area (Å²) < 4.78 is 42.8. The van der Waals surface area contributed by atoms with Crippen LogP contribution in [0.25, 0.3) is 0 Å².